The Labute approximate surface area is 106 Å². The Kier molecular flexibility index (Phi) is 2.76. The van der Waals surface area contributed by atoms with E-state index in [4.69, 9.17) is 0 Å². The zero-order valence-corrected chi connectivity index (χ0v) is 9.65. The largest absolute Gasteiger partial charge is 0.506 e. The number of ketones is 1. The third kappa shape index (κ3) is 1.88. The molecule has 19 heavy (non-hydrogen) atoms. The second-order valence-corrected chi connectivity index (χ2v) is 4.06. The Balaban J connectivity index is 2.18. The molecule has 0 bridgehead atoms. The maximum absolute atomic E-state index is 12.1. The van der Waals surface area contributed by atoms with Crippen molar-refractivity contribution >= 4 is 16.7 Å². The molecule has 0 amide bonds. The zero-order valence-electron chi connectivity index (χ0n) is 9.65. The van der Waals surface area contributed by atoms with Crippen molar-refractivity contribution in [2.75, 3.05) is 0 Å². The summed E-state index contributed by atoms with van der Waals surface area (Å²) < 4.78 is 0. The SMILES string of the molecule is O=C(c1c(O)c2ccccc2[nH]c1=O)C1NNNN1. The van der Waals surface area contributed by atoms with E-state index in [2.05, 4.69) is 26.9 Å². The zero-order chi connectivity index (χ0) is 13.4. The number of carbonyl (C=O) groups is 1. The van der Waals surface area contributed by atoms with Gasteiger partial charge < -0.3 is 10.1 Å². The summed E-state index contributed by atoms with van der Waals surface area (Å²) in [7, 11) is 0. The highest BCUT2D eigenvalue weighted by atomic mass is 16.3. The highest BCUT2D eigenvalue weighted by Crippen LogP contribution is 2.24. The lowest BCUT2D eigenvalue weighted by Gasteiger charge is -2.10. The van der Waals surface area contributed by atoms with Crippen LogP contribution in [-0.2, 0) is 0 Å². The molecule has 1 aromatic carbocycles. The first kappa shape index (κ1) is 11.8. The van der Waals surface area contributed by atoms with Gasteiger partial charge in [-0.3, -0.25) is 9.59 Å². The Morgan fingerprint density at radius 1 is 1.16 bits per heavy atom. The van der Waals surface area contributed by atoms with Gasteiger partial charge in [0.15, 0.2) is 6.17 Å². The van der Waals surface area contributed by atoms with Gasteiger partial charge in [0.2, 0.25) is 5.78 Å². The molecule has 1 saturated heterocycles. The van der Waals surface area contributed by atoms with Crippen LogP contribution in [0.1, 0.15) is 10.4 Å². The van der Waals surface area contributed by atoms with Crippen LogP contribution in [-0.4, -0.2) is 22.0 Å². The van der Waals surface area contributed by atoms with Crippen LogP contribution in [0.4, 0.5) is 0 Å². The van der Waals surface area contributed by atoms with Gasteiger partial charge in [-0.25, -0.2) is 10.9 Å². The van der Waals surface area contributed by atoms with Gasteiger partial charge in [-0.15, -0.1) is 0 Å². The number of aromatic nitrogens is 1. The fourth-order valence-electron chi connectivity index (χ4n) is 1.98. The monoisotopic (exact) mass is 261 g/mol. The number of H-pyrrole nitrogens is 1. The van der Waals surface area contributed by atoms with Crippen molar-refractivity contribution < 1.29 is 9.90 Å². The van der Waals surface area contributed by atoms with E-state index in [-0.39, 0.29) is 11.3 Å². The van der Waals surface area contributed by atoms with Crippen molar-refractivity contribution in [3.05, 3.63) is 40.2 Å². The highest BCUT2D eigenvalue weighted by Gasteiger charge is 2.28. The van der Waals surface area contributed by atoms with Crippen LogP contribution in [0.2, 0.25) is 0 Å². The van der Waals surface area contributed by atoms with Gasteiger partial charge in [0.1, 0.15) is 11.3 Å². The molecule has 0 spiro atoms. The van der Waals surface area contributed by atoms with Crippen LogP contribution in [0.3, 0.4) is 0 Å². The summed E-state index contributed by atoms with van der Waals surface area (Å²) in [6.07, 6.45) is -0.840. The number of Topliss-reactive ketones (excluding diaryl/α,β-unsaturated/α-hetero) is 1. The Bertz CT molecular complexity index is 705. The molecule has 0 aliphatic carbocycles. The van der Waals surface area contributed by atoms with E-state index < -0.39 is 17.5 Å². The number of aromatic amines is 1. The number of rotatable bonds is 2. The lowest BCUT2D eigenvalue weighted by atomic mass is 10.1. The third-order valence-electron chi connectivity index (χ3n) is 2.90. The third-order valence-corrected chi connectivity index (χ3v) is 2.90. The molecule has 8 heteroatoms. The molecule has 1 aliphatic rings. The first-order valence-corrected chi connectivity index (χ1v) is 5.58. The molecule has 98 valence electrons. The first-order chi connectivity index (χ1) is 9.18. The maximum Gasteiger partial charge on any atom is 0.263 e. The number of nitrogens with one attached hydrogen (secondary N) is 5. The molecule has 6 N–H and O–H groups in total. The van der Waals surface area contributed by atoms with Crippen molar-refractivity contribution in [3.8, 4) is 5.75 Å². The standard InChI is InChI=1S/C11H11N5O3/c17-8-5-3-1-2-4-6(5)12-11(19)7(8)9(18)10-13-15-16-14-10/h1-4,10,13-16H,(H2,12,17,19). The molecule has 1 aliphatic heterocycles. The summed E-state index contributed by atoms with van der Waals surface area (Å²) in [6, 6.07) is 6.72. The number of hydrogen-bond acceptors (Lipinski definition) is 7. The Morgan fingerprint density at radius 3 is 2.58 bits per heavy atom. The molecule has 1 aromatic heterocycles. The van der Waals surface area contributed by atoms with E-state index >= 15 is 0 Å². The van der Waals surface area contributed by atoms with Gasteiger partial charge in [0.05, 0.1) is 5.52 Å². The van der Waals surface area contributed by atoms with Crippen molar-refractivity contribution in [1.82, 2.24) is 26.9 Å². The van der Waals surface area contributed by atoms with Crippen LogP contribution in [0.15, 0.2) is 29.1 Å². The van der Waals surface area contributed by atoms with Gasteiger partial charge in [0.25, 0.3) is 5.56 Å². The van der Waals surface area contributed by atoms with Crippen LogP contribution in [0, 0.1) is 0 Å². The van der Waals surface area contributed by atoms with Crippen LogP contribution in [0.25, 0.3) is 10.9 Å². The van der Waals surface area contributed by atoms with Gasteiger partial charge in [-0.1, -0.05) is 12.1 Å². The van der Waals surface area contributed by atoms with E-state index in [0.717, 1.165) is 0 Å². The average molecular weight is 261 g/mol. The number of pyridine rings is 1. The molecule has 2 heterocycles. The lowest BCUT2D eigenvalue weighted by Crippen LogP contribution is -2.43. The molecule has 8 nitrogen and oxygen atoms in total. The van der Waals surface area contributed by atoms with E-state index in [0.29, 0.717) is 10.9 Å². The van der Waals surface area contributed by atoms with Crippen LogP contribution >= 0.6 is 0 Å². The number of hydrogen-bond donors (Lipinski definition) is 6. The molecule has 3 rings (SSSR count). The number of fused-ring (bicyclic) bond motifs is 1. The molecule has 0 saturated carbocycles. The van der Waals surface area contributed by atoms with E-state index in [1.54, 1.807) is 24.3 Å². The molecule has 2 aromatic rings. The number of para-hydroxylation sites is 1. The summed E-state index contributed by atoms with van der Waals surface area (Å²) in [5.74, 6) is -0.887. The second kappa shape index (κ2) is 4.44. The highest BCUT2D eigenvalue weighted by molar-refractivity contribution is 6.05. The number of hydrazine groups is 3. The molecular weight excluding hydrogens is 250 g/mol. The van der Waals surface area contributed by atoms with Crippen molar-refractivity contribution in [3.63, 3.8) is 0 Å². The van der Waals surface area contributed by atoms with Crippen molar-refractivity contribution in [1.29, 1.82) is 0 Å². The minimum atomic E-state index is -0.840. The summed E-state index contributed by atoms with van der Waals surface area (Å²) in [6.45, 7) is 0. The summed E-state index contributed by atoms with van der Waals surface area (Å²) >= 11 is 0. The summed E-state index contributed by atoms with van der Waals surface area (Å²) in [4.78, 5) is 26.6. The molecule has 1 fully saturated rings. The van der Waals surface area contributed by atoms with Gasteiger partial charge in [-0.05, 0) is 12.1 Å². The Morgan fingerprint density at radius 2 is 1.84 bits per heavy atom. The van der Waals surface area contributed by atoms with Gasteiger partial charge >= 0.3 is 0 Å². The van der Waals surface area contributed by atoms with E-state index in [1.807, 2.05) is 0 Å². The van der Waals surface area contributed by atoms with Crippen LogP contribution < -0.4 is 27.5 Å². The summed E-state index contributed by atoms with van der Waals surface area (Å²) in [5.41, 5.74) is 9.66. The predicted octanol–water partition coefficient (Wildman–Crippen LogP) is -1.14. The second-order valence-electron chi connectivity index (χ2n) is 4.06. The molecular formula is C11H11N5O3. The number of benzene rings is 1. The van der Waals surface area contributed by atoms with Crippen molar-refractivity contribution in [2.45, 2.75) is 6.17 Å². The normalized spacial score (nSPS) is 16.0. The fourth-order valence-corrected chi connectivity index (χ4v) is 1.98. The molecule has 0 radical (unpaired) electrons. The van der Waals surface area contributed by atoms with E-state index in [9.17, 15) is 14.7 Å². The first-order valence-electron chi connectivity index (χ1n) is 5.58. The van der Waals surface area contributed by atoms with Crippen LogP contribution in [0.5, 0.6) is 5.75 Å². The van der Waals surface area contributed by atoms with Crippen molar-refractivity contribution in [2.24, 2.45) is 0 Å². The predicted molar refractivity (Wildman–Crippen MR) is 66.9 cm³/mol. The Hall–Kier alpha value is -2.26. The molecule has 0 atom stereocenters. The minimum Gasteiger partial charge on any atom is -0.506 e. The van der Waals surface area contributed by atoms with Gasteiger partial charge in [0, 0.05) is 5.39 Å². The summed E-state index contributed by atoms with van der Waals surface area (Å²) in [5, 5.41) is 10.5. The minimum absolute atomic E-state index is 0.283. The topological polar surface area (TPSA) is 118 Å². The quantitative estimate of drug-likeness (QED) is 0.378. The van der Waals surface area contributed by atoms with Gasteiger partial charge in [-0.2, -0.15) is 11.1 Å². The maximum atomic E-state index is 12.1. The smallest absolute Gasteiger partial charge is 0.263 e. The fraction of sp³-hybridized carbons (Fsp3) is 0.0909. The molecule has 0 unspecified atom stereocenters. The average Bonchev–Trinajstić information content (AvgIpc) is 2.92. The lowest BCUT2D eigenvalue weighted by molar-refractivity contribution is 0.0934. The number of aromatic hydroxyl groups is 1. The number of carbonyl (C=O) groups excluding carboxylic acids is 1. The van der Waals surface area contributed by atoms with E-state index in [1.165, 1.54) is 0 Å².